The lowest BCUT2D eigenvalue weighted by Gasteiger charge is -2.28. The summed E-state index contributed by atoms with van der Waals surface area (Å²) in [5, 5.41) is 7.85. The fourth-order valence-electron chi connectivity index (χ4n) is 3.65. The molecule has 3 amide bonds. The van der Waals surface area contributed by atoms with Gasteiger partial charge in [-0.2, -0.15) is 0 Å². The highest BCUT2D eigenvalue weighted by molar-refractivity contribution is 7.89. The third-order valence-electron chi connectivity index (χ3n) is 5.53. The van der Waals surface area contributed by atoms with Crippen LogP contribution in [0.15, 0.2) is 47.4 Å². The fraction of sp³-hybridized carbons (Fsp3) is 0.364. The minimum absolute atomic E-state index is 0.00544. The van der Waals surface area contributed by atoms with Gasteiger partial charge in [-0.25, -0.2) is 22.3 Å². The normalized spacial score (nSPS) is 18.4. The molecule has 0 bridgehead atoms. The zero-order valence-corrected chi connectivity index (χ0v) is 19.6. The SMILES string of the molecule is CNC(=O)Nc1ccc(S(=O)(=O)NC2CCC(C(=O)NCc3ccc(F)cc3)CC2)cc1Cl. The zero-order chi connectivity index (χ0) is 24.0. The maximum Gasteiger partial charge on any atom is 0.319 e. The summed E-state index contributed by atoms with van der Waals surface area (Å²) < 4.78 is 41.2. The molecule has 3 rings (SSSR count). The van der Waals surface area contributed by atoms with Crippen LogP contribution in [0.2, 0.25) is 5.02 Å². The van der Waals surface area contributed by atoms with Gasteiger partial charge in [0.05, 0.1) is 15.6 Å². The van der Waals surface area contributed by atoms with Gasteiger partial charge in [0, 0.05) is 25.6 Å². The van der Waals surface area contributed by atoms with Crippen LogP contribution < -0.4 is 20.7 Å². The van der Waals surface area contributed by atoms with E-state index in [0.29, 0.717) is 37.9 Å². The van der Waals surface area contributed by atoms with Crippen LogP contribution in [0, 0.1) is 11.7 Å². The quantitative estimate of drug-likeness (QED) is 0.470. The van der Waals surface area contributed by atoms with Gasteiger partial charge in [0.1, 0.15) is 5.82 Å². The molecule has 0 heterocycles. The third-order valence-corrected chi connectivity index (χ3v) is 7.36. The Balaban J connectivity index is 1.51. The van der Waals surface area contributed by atoms with E-state index >= 15 is 0 Å². The van der Waals surface area contributed by atoms with E-state index in [2.05, 4.69) is 20.7 Å². The summed E-state index contributed by atoms with van der Waals surface area (Å²) >= 11 is 6.12. The number of hydrogen-bond donors (Lipinski definition) is 4. The average Bonchev–Trinajstić information content (AvgIpc) is 2.80. The number of sulfonamides is 1. The highest BCUT2D eigenvalue weighted by Crippen LogP contribution is 2.28. The molecular formula is C22H26ClFN4O4S. The van der Waals surface area contributed by atoms with Crippen LogP contribution >= 0.6 is 11.6 Å². The Hall–Kier alpha value is -2.69. The Morgan fingerprint density at radius 1 is 1.06 bits per heavy atom. The number of benzene rings is 2. The lowest BCUT2D eigenvalue weighted by atomic mass is 9.86. The largest absolute Gasteiger partial charge is 0.352 e. The first-order valence-corrected chi connectivity index (χ1v) is 12.4. The molecule has 0 atom stereocenters. The highest BCUT2D eigenvalue weighted by atomic mass is 35.5. The zero-order valence-electron chi connectivity index (χ0n) is 18.0. The molecule has 2 aromatic rings. The number of hydrogen-bond acceptors (Lipinski definition) is 4. The van der Waals surface area contributed by atoms with Gasteiger partial charge in [-0.1, -0.05) is 23.7 Å². The van der Waals surface area contributed by atoms with E-state index in [1.165, 1.54) is 37.4 Å². The van der Waals surface area contributed by atoms with Gasteiger partial charge in [-0.15, -0.1) is 0 Å². The maximum atomic E-state index is 13.0. The van der Waals surface area contributed by atoms with Crippen molar-refractivity contribution in [2.24, 2.45) is 5.92 Å². The van der Waals surface area contributed by atoms with E-state index in [-0.39, 0.29) is 33.6 Å². The van der Waals surface area contributed by atoms with Gasteiger partial charge in [0.15, 0.2) is 0 Å². The molecule has 0 radical (unpaired) electrons. The Morgan fingerprint density at radius 3 is 2.33 bits per heavy atom. The molecule has 0 aromatic heterocycles. The number of urea groups is 1. The Morgan fingerprint density at radius 2 is 1.73 bits per heavy atom. The number of halogens is 2. The van der Waals surface area contributed by atoms with Crippen LogP contribution in [-0.4, -0.2) is 33.4 Å². The van der Waals surface area contributed by atoms with E-state index in [9.17, 15) is 22.4 Å². The minimum atomic E-state index is -3.81. The second-order valence-corrected chi connectivity index (χ2v) is 9.98. The predicted octanol–water partition coefficient (Wildman–Crippen LogP) is 3.38. The van der Waals surface area contributed by atoms with Gasteiger partial charge < -0.3 is 16.0 Å². The van der Waals surface area contributed by atoms with Crippen molar-refractivity contribution in [3.05, 3.63) is 58.9 Å². The number of carbonyl (C=O) groups excluding carboxylic acids is 2. The first-order chi connectivity index (χ1) is 15.7. The molecule has 11 heteroatoms. The van der Waals surface area contributed by atoms with Crippen molar-refractivity contribution in [3.63, 3.8) is 0 Å². The van der Waals surface area contributed by atoms with Crippen molar-refractivity contribution in [1.82, 2.24) is 15.4 Å². The lowest BCUT2D eigenvalue weighted by molar-refractivity contribution is -0.126. The smallest absolute Gasteiger partial charge is 0.319 e. The van der Waals surface area contributed by atoms with E-state index < -0.39 is 16.1 Å². The van der Waals surface area contributed by atoms with Gasteiger partial charge in [0.2, 0.25) is 15.9 Å². The van der Waals surface area contributed by atoms with Gasteiger partial charge >= 0.3 is 6.03 Å². The van der Waals surface area contributed by atoms with Crippen molar-refractivity contribution in [2.45, 2.75) is 43.2 Å². The van der Waals surface area contributed by atoms with Crippen molar-refractivity contribution in [2.75, 3.05) is 12.4 Å². The van der Waals surface area contributed by atoms with Gasteiger partial charge in [-0.05, 0) is 61.6 Å². The van der Waals surface area contributed by atoms with Crippen LogP contribution in [0.3, 0.4) is 0 Å². The Kier molecular flexibility index (Phi) is 8.28. The number of nitrogens with one attached hydrogen (secondary N) is 4. The molecule has 0 aliphatic heterocycles. The second kappa shape index (κ2) is 11.0. The van der Waals surface area contributed by atoms with Crippen LogP contribution in [0.1, 0.15) is 31.2 Å². The number of anilines is 1. The summed E-state index contributed by atoms with van der Waals surface area (Å²) in [6.07, 6.45) is 2.16. The average molecular weight is 497 g/mol. The fourth-order valence-corrected chi connectivity index (χ4v) is 5.27. The molecule has 4 N–H and O–H groups in total. The molecule has 33 heavy (non-hydrogen) atoms. The van der Waals surface area contributed by atoms with Crippen LogP contribution in [0.25, 0.3) is 0 Å². The Bertz CT molecular complexity index is 1100. The Labute approximate surface area is 197 Å². The molecule has 1 fully saturated rings. The van der Waals surface area contributed by atoms with Crippen molar-refractivity contribution in [1.29, 1.82) is 0 Å². The summed E-state index contributed by atoms with van der Waals surface area (Å²) in [6, 6.07) is 9.24. The summed E-state index contributed by atoms with van der Waals surface area (Å²) in [5.41, 5.74) is 1.10. The summed E-state index contributed by atoms with van der Waals surface area (Å²) in [7, 11) is -2.36. The molecule has 0 spiro atoms. The first-order valence-electron chi connectivity index (χ1n) is 10.5. The second-order valence-electron chi connectivity index (χ2n) is 7.86. The number of rotatable bonds is 7. The van der Waals surface area contributed by atoms with E-state index in [0.717, 1.165) is 5.56 Å². The standard InChI is InChI=1S/C22H26ClFN4O4S/c1-25-22(30)27-20-11-10-18(12-19(20)23)33(31,32)28-17-8-4-15(5-9-17)21(29)26-13-14-2-6-16(24)7-3-14/h2-3,6-7,10-12,15,17,28H,4-5,8-9,13H2,1H3,(H,26,29)(H2,25,27,30). The summed E-state index contributed by atoms with van der Waals surface area (Å²) in [5.74, 6) is -0.619. The van der Waals surface area contributed by atoms with Crippen molar-refractivity contribution >= 4 is 39.2 Å². The van der Waals surface area contributed by atoms with E-state index in [1.54, 1.807) is 12.1 Å². The van der Waals surface area contributed by atoms with E-state index in [1.807, 2.05) is 0 Å². The van der Waals surface area contributed by atoms with Crippen LogP contribution in [0.5, 0.6) is 0 Å². The molecule has 1 aliphatic carbocycles. The highest BCUT2D eigenvalue weighted by Gasteiger charge is 2.29. The predicted molar refractivity (Wildman–Crippen MR) is 124 cm³/mol. The van der Waals surface area contributed by atoms with Crippen LogP contribution in [-0.2, 0) is 21.4 Å². The maximum absolute atomic E-state index is 13.0. The number of amides is 3. The molecule has 0 saturated heterocycles. The molecule has 8 nitrogen and oxygen atoms in total. The molecular weight excluding hydrogens is 471 g/mol. The van der Waals surface area contributed by atoms with Gasteiger partial charge in [-0.3, -0.25) is 4.79 Å². The summed E-state index contributed by atoms with van der Waals surface area (Å²) in [4.78, 5) is 23.9. The molecule has 178 valence electrons. The summed E-state index contributed by atoms with van der Waals surface area (Å²) in [6.45, 7) is 0.317. The van der Waals surface area contributed by atoms with E-state index in [4.69, 9.17) is 11.6 Å². The molecule has 1 aliphatic rings. The monoisotopic (exact) mass is 496 g/mol. The molecule has 0 unspecified atom stereocenters. The third kappa shape index (κ3) is 6.89. The molecule has 2 aromatic carbocycles. The number of carbonyl (C=O) groups is 2. The van der Waals surface area contributed by atoms with Gasteiger partial charge in [0.25, 0.3) is 0 Å². The van der Waals surface area contributed by atoms with Crippen LogP contribution in [0.4, 0.5) is 14.9 Å². The minimum Gasteiger partial charge on any atom is -0.352 e. The molecule has 1 saturated carbocycles. The first kappa shape index (κ1) is 24.9. The van der Waals surface area contributed by atoms with Crippen molar-refractivity contribution < 1.29 is 22.4 Å². The topological polar surface area (TPSA) is 116 Å². The lowest BCUT2D eigenvalue weighted by Crippen LogP contribution is -2.40. The van der Waals surface area contributed by atoms with Crippen molar-refractivity contribution in [3.8, 4) is 0 Å².